The van der Waals surface area contributed by atoms with Crippen LogP contribution in [0, 0.1) is 0 Å². The molecule has 1 aromatic rings. The molecule has 0 aliphatic heterocycles. The Hall–Kier alpha value is -2.15. The van der Waals surface area contributed by atoms with Gasteiger partial charge < -0.3 is 20.1 Å². The van der Waals surface area contributed by atoms with E-state index in [2.05, 4.69) is 29.2 Å². The molecule has 0 aromatic heterocycles. The van der Waals surface area contributed by atoms with Gasteiger partial charge in [0.2, 0.25) is 0 Å². The summed E-state index contributed by atoms with van der Waals surface area (Å²) < 4.78 is 9.39. The first-order valence-corrected chi connectivity index (χ1v) is 8.70. The molecule has 7 heteroatoms. The highest BCUT2D eigenvalue weighted by atomic mass is 32.1. The van der Waals surface area contributed by atoms with Crippen LogP contribution in [0.5, 0.6) is 0 Å². The summed E-state index contributed by atoms with van der Waals surface area (Å²) >= 11 is 5.36. The molecule has 138 valence electrons. The Morgan fingerprint density at radius 2 is 1.72 bits per heavy atom. The average Bonchev–Trinajstić information content (AvgIpc) is 2.63. The van der Waals surface area contributed by atoms with Crippen molar-refractivity contribution in [1.29, 1.82) is 0 Å². The van der Waals surface area contributed by atoms with Gasteiger partial charge in [-0.1, -0.05) is 32.0 Å². The lowest BCUT2D eigenvalue weighted by atomic mass is 10.0. The van der Waals surface area contributed by atoms with Crippen molar-refractivity contribution in [2.45, 2.75) is 45.6 Å². The lowest BCUT2D eigenvalue weighted by Gasteiger charge is -2.21. The number of para-hydroxylation sites is 1. The van der Waals surface area contributed by atoms with E-state index in [1.165, 1.54) is 14.2 Å². The number of carbonyl (C=O) groups is 2. The van der Waals surface area contributed by atoms with Crippen molar-refractivity contribution in [3.05, 3.63) is 29.3 Å². The van der Waals surface area contributed by atoms with Crippen molar-refractivity contribution in [2.75, 3.05) is 19.5 Å². The first kappa shape index (κ1) is 20.9. The number of aryl methyl sites for hydroxylation is 2. The molecule has 1 aromatic carbocycles. The topological polar surface area (TPSA) is 76.7 Å². The van der Waals surface area contributed by atoms with Crippen molar-refractivity contribution in [2.24, 2.45) is 0 Å². The van der Waals surface area contributed by atoms with Gasteiger partial charge in [0.05, 0.1) is 14.2 Å². The Morgan fingerprint density at radius 1 is 1.12 bits per heavy atom. The zero-order valence-corrected chi connectivity index (χ0v) is 16.0. The molecule has 0 radical (unpaired) electrons. The minimum Gasteiger partial charge on any atom is -0.469 e. The van der Waals surface area contributed by atoms with Crippen LogP contribution in [0.3, 0.4) is 0 Å². The maximum atomic E-state index is 11.9. The lowest BCUT2D eigenvalue weighted by Crippen LogP contribution is -2.44. The predicted molar refractivity (Wildman–Crippen MR) is 102 cm³/mol. The number of benzene rings is 1. The van der Waals surface area contributed by atoms with Gasteiger partial charge in [0.25, 0.3) is 0 Å². The summed E-state index contributed by atoms with van der Waals surface area (Å²) in [4.78, 5) is 23.2. The molecule has 0 amide bonds. The Balaban J connectivity index is 2.84. The first-order valence-electron chi connectivity index (χ1n) is 8.29. The summed E-state index contributed by atoms with van der Waals surface area (Å²) in [6.45, 7) is 4.15. The maximum Gasteiger partial charge on any atom is 0.328 e. The number of esters is 2. The second-order valence-electron chi connectivity index (χ2n) is 5.45. The van der Waals surface area contributed by atoms with Crippen LogP contribution >= 0.6 is 12.2 Å². The Bertz CT molecular complexity index is 597. The van der Waals surface area contributed by atoms with Gasteiger partial charge in [-0.3, -0.25) is 4.79 Å². The summed E-state index contributed by atoms with van der Waals surface area (Å²) in [5, 5.41) is 6.44. The molecule has 0 bridgehead atoms. The number of rotatable bonds is 8. The second kappa shape index (κ2) is 10.7. The summed E-state index contributed by atoms with van der Waals surface area (Å²) in [6.07, 6.45) is 2.05. The number of ether oxygens (including phenoxy) is 2. The average molecular weight is 366 g/mol. The monoisotopic (exact) mass is 366 g/mol. The summed E-state index contributed by atoms with van der Waals surface area (Å²) in [5.74, 6) is -0.869. The van der Waals surface area contributed by atoms with Gasteiger partial charge in [-0.15, -0.1) is 0 Å². The fraction of sp³-hybridized carbons (Fsp3) is 0.500. The van der Waals surface area contributed by atoms with E-state index in [0.29, 0.717) is 5.11 Å². The standard InChI is InChI=1S/C18H26N2O4S/c1-5-12-8-7-9-13(6-2)16(12)20-18(25)19-14(17(22)24-4)10-11-15(21)23-3/h7-9,14H,5-6,10-11H2,1-4H3,(H2,19,20,25). The van der Waals surface area contributed by atoms with E-state index >= 15 is 0 Å². The van der Waals surface area contributed by atoms with Gasteiger partial charge in [-0.2, -0.15) is 0 Å². The third kappa shape index (κ3) is 6.34. The van der Waals surface area contributed by atoms with Crippen LogP contribution in [-0.4, -0.2) is 37.3 Å². The van der Waals surface area contributed by atoms with Gasteiger partial charge >= 0.3 is 11.9 Å². The molecule has 6 nitrogen and oxygen atoms in total. The van der Waals surface area contributed by atoms with Crippen molar-refractivity contribution in [3.8, 4) is 0 Å². The van der Waals surface area contributed by atoms with E-state index in [-0.39, 0.29) is 18.8 Å². The van der Waals surface area contributed by atoms with E-state index in [9.17, 15) is 9.59 Å². The van der Waals surface area contributed by atoms with Crippen LogP contribution < -0.4 is 10.6 Å². The minimum atomic E-state index is -0.719. The molecule has 1 atom stereocenters. The van der Waals surface area contributed by atoms with E-state index in [0.717, 1.165) is 29.7 Å². The third-order valence-electron chi connectivity index (χ3n) is 3.89. The van der Waals surface area contributed by atoms with E-state index in [4.69, 9.17) is 17.0 Å². The van der Waals surface area contributed by atoms with Gasteiger partial charge in [-0.25, -0.2) is 4.79 Å². The summed E-state index contributed by atoms with van der Waals surface area (Å²) in [6, 6.07) is 5.38. The fourth-order valence-corrected chi connectivity index (χ4v) is 2.71. The summed E-state index contributed by atoms with van der Waals surface area (Å²) in [5.41, 5.74) is 3.25. The highest BCUT2D eigenvalue weighted by molar-refractivity contribution is 7.80. The van der Waals surface area contributed by atoms with E-state index in [1.54, 1.807) is 0 Å². The molecule has 0 saturated heterocycles. The third-order valence-corrected chi connectivity index (χ3v) is 4.11. The van der Waals surface area contributed by atoms with Crippen LogP contribution in [0.4, 0.5) is 5.69 Å². The molecule has 1 unspecified atom stereocenters. The van der Waals surface area contributed by atoms with Crippen molar-refractivity contribution >= 4 is 35.0 Å². The highest BCUT2D eigenvalue weighted by Gasteiger charge is 2.22. The van der Waals surface area contributed by atoms with Crippen LogP contribution in [-0.2, 0) is 31.9 Å². The Kier molecular flexibility index (Phi) is 8.91. The van der Waals surface area contributed by atoms with Crippen LogP contribution in [0.2, 0.25) is 0 Å². The Morgan fingerprint density at radius 3 is 2.20 bits per heavy atom. The van der Waals surface area contributed by atoms with Crippen LogP contribution in [0.25, 0.3) is 0 Å². The Labute approximate surface area is 154 Å². The molecule has 0 aliphatic rings. The molecule has 0 heterocycles. The van der Waals surface area contributed by atoms with Crippen LogP contribution in [0.15, 0.2) is 18.2 Å². The number of thiocarbonyl (C=S) groups is 1. The number of methoxy groups -OCH3 is 2. The number of anilines is 1. The molecule has 0 fully saturated rings. The van der Waals surface area contributed by atoms with Crippen molar-refractivity contribution in [3.63, 3.8) is 0 Å². The van der Waals surface area contributed by atoms with Gasteiger partial charge in [0.15, 0.2) is 5.11 Å². The molecule has 1 rings (SSSR count). The van der Waals surface area contributed by atoms with Crippen molar-refractivity contribution in [1.82, 2.24) is 5.32 Å². The minimum absolute atomic E-state index is 0.0949. The van der Waals surface area contributed by atoms with E-state index in [1.807, 2.05) is 18.2 Å². The molecule has 0 spiro atoms. The lowest BCUT2D eigenvalue weighted by molar-refractivity contribution is -0.144. The SMILES string of the molecule is CCc1cccc(CC)c1NC(=S)NC(CCC(=O)OC)C(=O)OC. The molecule has 2 N–H and O–H groups in total. The number of nitrogens with one attached hydrogen (secondary N) is 2. The quantitative estimate of drug-likeness (QED) is 0.541. The number of hydrogen-bond donors (Lipinski definition) is 2. The zero-order valence-electron chi connectivity index (χ0n) is 15.2. The second-order valence-corrected chi connectivity index (χ2v) is 5.86. The summed E-state index contributed by atoms with van der Waals surface area (Å²) in [7, 11) is 2.61. The highest BCUT2D eigenvalue weighted by Crippen LogP contribution is 2.22. The maximum absolute atomic E-state index is 11.9. The predicted octanol–water partition coefficient (Wildman–Crippen LogP) is 2.59. The fourth-order valence-electron chi connectivity index (χ4n) is 2.47. The molecule has 0 aliphatic carbocycles. The van der Waals surface area contributed by atoms with E-state index < -0.39 is 12.0 Å². The van der Waals surface area contributed by atoms with Gasteiger partial charge in [-0.05, 0) is 42.6 Å². The largest absolute Gasteiger partial charge is 0.469 e. The van der Waals surface area contributed by atoms with Crippen LogP contribution in [0.1, 0.15) is 37.8 Å². The molecule has 25 heavy (non-hydrogen) atoms. The first-order chi connectivity index (χ1) is 12.0. The molecular formula is C18H26N2O4S. The normalized spacial score (nSPS) is 11.4. The van der Waals surface area contributed by atoms with Crippen molar-refractivity contribution < 1.29 is 19.1 Å². The number of hydrogen-bond acceptors (Lipinski definition) is 5. The number of carbonyl (C=O) groups excluding carboxylic acids is 2. The van der Waals surface area contributed by atoms with Gasteiger partial charge in [0, 0.05) is 12.1 Å². The van der Waals surface area contributed by atoms with Gasteiger partial charge in [0.1, 0.15) is 6.04 Å². The smallest absolute Gasteiger partial charge is 0.328 e. The molecule has 0 saturated carbocycles. The zero-order chi connectivity index (χ0) is 18.8. The molecular weight excluding hydrogens is 340 g/mol.